The Morgan fingerprint density at radius 3 is 2.84 bits per heavy atom. The van der Waals surface area contributed by atoms with Crippen molar-refractivity contribution in [1.82, 2.24) is 4.98 Å². The number of furan rings is 1. The minimum atomic E-state index is -0.294. The van der Waals surface area contributed by atoms with Crippen LogP contribution in [-0.4, -0.2) is 18.0 Å². The maximum Gasteiger partial charge on any atom is 0.293 e. The van der Waals surface area contributed by atoms with Crippen LogP contribution in [0.15, 0.2) is 40.8 Å². The first kappa shape index (κ1) is 15.7. The molecule has 2 aromatic heterocycles. The lowest BCUT2D eigenvalue weighted by Gasteiger charge is -1.98. The Balaban J connectivity index is 1.66. The smallest absolute Gasteiger partial charge is 0.293 e. The summed E-state index contributed by atoms with van der Waals surface area (Å²) < 4.78 is 11.9. The molecule has 2 heterocycles. The van der Waals surface area contributed by atoms with Gasteiger partial charge in [0.1, 0.15) is 11.3 Å². The predicted molar refractivity (Wildman–Crippen MR) is 99.8 cm³/mol. The molecule has 0 aliphatic carbocycles. The molecule has 0 radical (unpaired) electrons. The molecule has 5 nitrogen and oxygen atoms in total. The summed E-state index contributed by atoms with van der Waals surface area (Å²) in [6, 6.07) is 11.5. The second kappa shape index (κ2) is 5.89. The highest BCUT2D eigenvalue weighted by molar-refractivity contribution is 7.22. The van der Waals surface area contributed by atoms with Crippen molar-refractivity contribution in [1.29, 1.82) is 0 Å². The molecule has 0 atom stereocenters. The quantitative estimate of drug-likeness (QED) is 0.568. The van der Waals surface area contributed by atoms with Crippen LogP contribution in [0.25, 0.3) is 21.2 Å². The normalized spacial score (nSPS) is 11.2. The number of aromatic nitrogens is 1. The molecule has 0 saturated carbocycles. The average Bonchev–Trinajstić information content (AvgIpc) is 3.14. The molecule has 1 N–H and O–H groups in total. The standard InChI is InChI=1S/C19H16N2O3S/c1-10-4-6-13-11(2)17(24-15(13)8-10)18(22)21-19-20-14-7-5-12(23-3)9-16(14)25-19/h4-9H,1-3H3,(H,20,21,22). The van der Waals surface area contributed by atoms with Gasteiger partial charge < -0.3 is 9.15 Å². The van der Waals surface area contributed by atoms with Crippen molar-refractivity contribution in [2.45, 2.75) is 13.8 Å². The van der Waals surface area contributed by atoms with Gasteiger partial charge in [-0.3, -0.25) is 10.1 Å². The van der Waals surface area contributed by atoms with Gasteiger partial charge in [0.25, 0.3) is 5.91 Å². The Kier molecular flexibility index (Phi) is 3.69. The SMILES string of the molecule is COc1ccc2nc(NC(=O)c3oc4cc(C)ccc4c3C)sc2c1. The van der Waals surface area contributed by atoms with Crippen molar-refractivity contribution in [2.75, 3.05) is 12.4 Å². The monoisotopic (exact) mass is 352 g/mol. The van der Waals surface area contributed by atoms with Gasteiger partial charge in [0, 0.05) is 10.9 Å². The summed E-state index contributed by atoms with van der Waals surface area (Å²) in [4.78, 5) is 17.1. The molecule has 4 aromatic rings. The van der Waals surface area contributed by atoms with Gasteiger partial charge >= 0.3 is 0 Å². The molecular formula is C19H16N2O3S. The number of nitrogens with zero attached hydrogens (tertiary/aromatic N) is 1. The van der Waals surface area contributed by atoms with Crippen LogP contribution in [0.4, 0.5) is 5.13 Å². The fraction of sp³-hybridized carbons (Fsp3) is 0.158. The molecule has 0 unspecified atom stereocenters. The van der Waals surface area contributed by atoms with E-state index in [0.717, 1.165) is 38.1 Å². The molecule has 6 heteroatoms. The van der Waals surface area contributed by atoms with Crippen LogP contribution in [0.1, 0.15) is 21.7 Å². The number of aryl methyl sites for hydroxylation is 2. The number of benzene rings is 2. The van der Waals surface area contributed by atoms with E-state index < -0.39 is 0 Å². The van der Waals surface area contributed by atoms with Gasteiger partial charge in [-0.2, -0.15) is 0 Å². The lowest BCUT2D eigenvalue weighted by atomic mass is 10.1. The molecule has 0 spiro atoms. The maximum atomic E-state index is 12.6. The second-order valence-corrected chi connectivity index (χ2v) is 6.89. The Bertz CT molecular complexity index is 1110. The number of anilines is 1. The van der Waals surface area contributed by atoms with Crippen molar-refractivity contribution < 1.29 is 13.9 Å². The molecular weight excluding hydrogens is 336 g/mol. The molecule has 0 fully saturated rings. The zero-order valence-corrected chi connectivity index (χ0v) is 14.9. The summed E-state index contributed by atoms with van der Waals surface area (Å²) in [6.45, 7) is 3.88. The third-order valence-corrected chi connectivity index (χ3v) is 5.05. The Labute approximate surface area is 148 Å². The molecule has 0 bridgehead atoms. The molecule has 2 aromatic carbocycles. The van der Waals surface area contributed by atoms with Gasteiger partial charge in [0.15, 0.2) is 10.9 Å². The largest absolute Gasteiger partial charge is 0.497 e. The fourth-order valence-electron chi connectivity index (χ4n) is 2.79. The van der Waals surface area contributed by atoms with Gasteiger partial charge in [-0.1, -0.05) is 23.5 Å². The molecule has 25 heavy (non-hydrogen) atoms. The van der Waals surface area contributed by atoms with E-state index in [0.29, 0.717) is 10.9 Å². The topological polar surface area (TPSA) is 64.4 Å². The Morgan fingerprint density at radius 2 is 2.04 bits per heavy atom. The summed E-state index contributed by atoms with van der Waals surface area (Å²) >= 11 is 1.40. The van der Waals surface area contributed by atoms with Crippen LogP contribution in [0.2, 0.25) is 0 Å². The molecule has 126 valence electrons. The third-order valence-electron chi connectivity index (χ3n) is 4.12. The van der Waals surface area contributed by atoms with E-state index >= 15 is 0 Å². The first-order valence-electron chi connectivity index (χ1n) is 7.81. The number of hydrogen-bond donors (Lipinski definition) is 1. The summed E-state index contributed by atoms with van der Waals surface area (Å²) in [6.07, 6.45) is 0. The van der Waals surface area contributed by atoms with Gasteiger partial charge in [-0.05, 0) is 43.7 Å². The highest BCUT2D eigenvalue weighted by Gasteiger charge is 2.19. The molecule has 0 aliphatic heterocycles. The van der Waals surface area contributed by atoms with E-state index in [9.17, 15) is 4.79 Å². The van der Waals surface area contributed by atoms with Crippen LogP contribution >= 0.6 is 11.3 Å². The van der Waals surface area contributed by atoms with E-state index in [4.69, 9.17) is 9.15 Å². The maximum absolute atomic E-state index is 12.6. The zero-order chi connectivity index (χ0) is 17.6. The van der Waals surface area contributed by atoms with Gasteiger partial charge in [-0.15, -0.1) is 0 Å². The fourth-order valence-corrected chi connectivity index (χ4v) is 3.68. The highest BCUT2D eigenvalue weighted by atomic mass is 32.1. The van der Waals surface area contributed by atoms with Crippen LogP contribution in [0.5, 0.6) is 5.75 Å². The van der Waals surface area contributed by atoms with Crippen LogP contribution in [0.3, 0.4) is 0 Å². The number of amides is 1. The predicted octanol–water partition coefficient (Wildman–Crippen LogP) is 4.92. The van der Waals surface area contributed by atoms with Crippen LogP contribution in [0, 0.1) is 13.8 Å². The van der Waals surface area contributed by atoms with Gasteiger partial charge in [0.2, 0.25) is 0 Å². The third kappa shape index (κ3) is 2.74. The summed E-state index contributed by atoms with van der Waals surface area (Å²) in [5.41, 5.74) is 3.46. The minimum absolute atomic E-state index is 0.294. The van der Waals surface area contributed by atoms with Gasteiger partial charge in [-0.25, -0.2) is 4.98 Å². The molecule has 0 saturated heterocycles. The van der Waals surface area contributed by atoms with Gasteiger partial charge in [0.05, 0.1) is 17.3 Å². The van der Waals surface area contributed by atoms with Crippen molar-refractivity contribution >= 4 is 43.6 Å². The number of carbonyl (C=O) groups excluding carboxylic acids is 1. The van der Waals surface area contributed by atoms with Crippen LogP contribution < -0.4 is 10.1 Å². The van der Waals surface area contributed by atoms with Crippen molar-refractivity contribution in [2.24, 2.45) is 0 Å². The number of ether oxygens (including phenoxy) is 1. The van der Waals surface area contributed by atoms with Crippen LogP contribution in [-0.2, 0) is 0 Å². The summed E-state index contributed by atoms with van der Waals surface area (Å²) in [7, 11) is 1.62. The number of hydrogen-bond acceptors (Lipinski definition) is 5. The van der Waals surface area contributed by atoms with Crippen molar-refractivity contribution in [3.05, 3.63) is 53.3 Å². The average molecular weight is 352 g/mol. The minimum Gasteiger partial charge on any atom is -0.497 e. The first-order valence-corrected chi connectivity index (χ1v) is 8.62. The number of nitrogens with one attached hydrogen (secondary N) is 1. The summed E-state index contributed by atoms with van der Waals surface area (Å²) in [5.74, 6) is 0.785. The van der Waals surface area contributed by atoms with E-state index in [1.54, 1.807) is 7.11 Å². The molecule has 1 amide bonds. The van der Waals surface area contributed by atoms with E-state index in [1.807, 2.05) is 50.2 Å². The summed E-state index contributed by atoms with van der Waals surface area (Å²) in [5, 5.41) is 4.32. The van der Waals surface area contributed by atoms with E-state index in [2.05, 4.69) is 10.3 Å². The Morgan fingerprint density at radius 1 is 1.20 bits per heavy atom. The molecule has 0 aliphatic rings. The number of thiazole rings is 1. The zero-order valence-electron chi connectivity index (χ0n) is 14.0. The van der Waals surface area contributed by atoms with E-state index in [1.165, 1.54) is 11.3 Å². The molecule has 4 rings (SSSR count). The lowest BCUT2D eigenvalue weighted by Crippen LogP contribution is -2.11. The number of rotatable bonds is 3. The van der Waals surface area contributed by atoms with Crippen molar-refractivity contribution in [3.8, 4) is 5.75 Å². The lowest BCUT2D eigenvalue weighted by molar-refractivity contribution is 0.0998. The highest BCUT2D eigenvalue weighted by Crippen LogP contribution is 2.31. The van der Waals surface area contributed by atoms with Crippen molar-refractivity contribution in [3.63, 3.8) is 0 Å². The van der Waals surface area contributed by atoms with E-state index in [-0.39, 0.29) is 5.91 Å². The first-order chi connectivity index (χ1) is 12.0. The number of fused-ring (bicyclic) bond motifs is 2. The number of methoxy groups -OCH3 is 1. The second-order valence-electron chi connectivity index (χ2n) is 5.86. The number of carbonyl (C=O) groups is 1. The Hall–Kier alpha value is -2.86.